The summed E-state index contributed by atoms with van der Waals surface area (Å²) in [5, 5.41) is 2.68. The molecule has 9 heteroatoms. The third-order valence-electron chi connectivity index (χ3n) is 6.78. The predicted molar refractivity (Wildman–Crippen MR) is 137 cm³/mol. The minimum Gasteiger partial charge on any atom is -0.467 e. The van der Waals surface area contributed by atoms with Gasteiger partial charge < -0.3 is 14.4 Å². The Morgan fingerprint density at radius 2 is 1.69 bits per heavy atom. The Morgan fingerprint density at radius 3 is 2.34 bits per heavy atom. The number of aryl methyl sites for hydroxylation is 1. The minimum absolute atomic E-state index is 0.218. The molecule has 3 aromatic rings. The second-order valence-electron chi connectivity index (χ2n) is 9.18. The number of benzene rings is 2. The van der Waals surface area contributed by atoms with E-state index in [9.17, 15) is 8.42 Å². The predicted octanol–water partition coefficient (Wildman–Crippen LogP) is 4.94. The molecule has 0 radical (unpaired) electrons. The zero-order valence-electron chi connectivity index (χ0n) is 19.9. The van der Waals surface area contributed by atoms with Gasteiger partial charge in [0.2, 0.25) is 10.0 Å². The van der Waals surface area contributed by atoms with E-state index in [1.54, 1.807) is 34.8 Å². The van der Waals surface area contributed by atoms with Crippen molar-refractivity contribution in [1.82, 2.24) is 14.2 Å². The number of piperidine rings is 2. The number of ether oxygens (including phenoxy) is 2. The third kappa shape index (κ3) is 5.86. The maximum atomic E-state index is 13.2. The molecule has 0 spiro atoms. The molecule has 0 saturated carbocycles. The molecule has 0 unspecified atom stereocenters. The molecule has 0 bridgehead atoms. The fourth-order valence-corrected chi connectivity index (χ4v) is 6.88. The molecule has 7 nitrogen and oxygen atoms in total. The van der Waals surface area contributed by atoms with E-state index < -0.39 is 10.0 Å². The van der Waals surface area contributed by atoms with Crippen LogP contribution in [0.1, 0.15) is 31.2 Å². The van der Waals surface area contributed by atoms with Gasteiger partial charge in [-0.2, -0.15) is 4.31 Å². The number of rotatable bonds is 7. The highest BCUT2D eigenvalue weighted by Gasteiger charge is 2.33. The summed E-state index contributed by atoms with van der Waals surface area (Å²) >= 11 is 1.53. The molecule has 2 aliphatic rings. The van der Waals surface area contributed by atoms with Crippen LogP contribution >= 0.6 is 11.3 Å². The first-order valence-electron chi connectivity index (χ1n) is 12.1. The molecule has 35 heavy (non-hydrogen) atoms. The van der Waals surface area contributed by atoms with Crippen LogP contribution in [0, 0.1) is 6.92 Å². The van der Waals surface area contributed by atoms with Gasteiger partial charge in [-0.25, -0.2) is 13.4 Å². The SMILES string of the molecule is Cc1cccc(Oc2ccc(S(=O)(=O)N3CCC(N4CCC(Oc5nccs5)CC4)CC3)cc2)c1. The lowest BCUT2D eigenvalue weighted by molar-refractivity contribution is 0.0584. The summed E-state index contributed by atoms with van der Waals surface area (Å²) in [5.41, 5.74) is 1.11. The van der Waals surface area contributed by atoms with E-state index in [-0.39, 0.29) is 6.10 Å². The number of hydrogen-bond donors (Lipinski definition) is 0. The maximum Gasteiger partial charge on any atom is 0.273 e. The zero-order valence-corrected chi connectivity index (χ0v) is 21.5. The number of hydrogen-bond acceptors (Lipinski definition) is 7. The van der Waals surface area contributed by atoms with Gasteiger partial charge in [0.25, 0.3) is 5.19 Å². The summed E-state index contributed by atoms with van der Waals surface area (Å²) in [4.78, 5) is 7.03. The van der Waals surface area contributed by atoms with Gasteiger partial charge in [0.15, 0.2) is 0 Å². The van der Waals surface area contributed by atoms with Crippen LogP contribution in [0.15, 0.2) is 65.0 Å². The molecular weight excluding hydrogens is 482 g/mol. The molecule has 3 heterocycles. The highest BCUT2D eigenvalue weighted by atomic mass is 32.2. The summed E-state index contributed by atoms with van der Waals surface area (Å²) in [6.07, 6.45) is 5.66. The lowest BCUT2D eigenvalue weighted by Gasteiger charge is -2.41. The summed E-state index contributed by atoms with van der Waals surface area (Å²) in [5.74, 6) is 1.36. The molecule has 2 aliphatic heterocycles. The van der Waals surface area contributed by atoms with Crippen molar-refractivity contribution >= 4 is 21.4 Å². The van der Waals surface area contributed by atoms with E-state index >= 15 is 0 Å². The van der Waals surface area contributed by atoms with Crippen molar-refractivity contribution in [3.05, 3.63) is 65.7 Å². The van der Waals surface area contributed by atoms with Crippen LogP contribution in [-0.2, 0) is 10.0 Å². The molecule has 0 N–H and O–H groups in total. The van der Waals surface area contributed by atoms with E-state index in [0.717, 1.165) is 55.3 Å². The van der Waals surface area contributed by atoms with Crippen LogP contribution in [0.4, 0.5) is 0 Å². The van der Waals surface area contributed by atoms with Crippen molar-refractivity contribution < 1.29 is 17.9 Å². The number of likely N-dealkylation sites (tertiary alicyclic amines) is 1. The molecule has 0 amide bonds. The molecule has 5 rings (SSSR count). The smallest absolute Gasteiger partial charge is 0.273 e. The first-order chi connectivity index (χ1) is 17.0. The number of thiazole rings is 1. The van der Waals surface area contributed by atoms with Crippen LogP contribution in [-0.4, -0.2) is 60.9 Å². The Balaban J connectivity index is 1.12. The Labute approximate surface area is 211 Å². The third-order valence-corrected chi connectivity index (χ3v) is 9.35. The first kappa shape index (κ1) is 24.2. The van der Waals surface area contributed by atoms with E-state index in [0.29, 0.717) is 29.8 Å². The van der Waals surface area contributed by atoms with Gasteiger partial charge in [0.05, 0.1) is 4.90 Å². The summed E-state index contributed by atoms with van der Waals surface area (Å²) in [6.45, 7) is 5.06. The topological polar surface area (TPSA) is 72.0 Å². The number of aromatic nitrogens is 1. The van der Waals surface area contributed by atoms with E-state index in [1.807, 2.05) is 36.6 Å². The molecule has 0 atom stereocenters. The molecule has 0 aliphatic carbocycles. The number of sulfonamides is 1. The minimum atomic E-state index is -3.52. The largest absolute Gasteiger partial charge is 0.467 e. The Morgan fingerprint density at radius 1 is 0.943 bits per heavy atom. The summed E-state index contributed by atoms with van der Waals surface area (Å²) in [6, 6.07) is 14.9. The fourth-order valence-electron chi connectivity index (χ4n) is 4.86. The standard InChI is InChI=1S/C26H31N3O4S2/c1-20-3-2-4-24(19-20)32-22-5-7-25(8-6-22)35(30,31)29-16-9-21(10-17-29)28-14-11-23(12-15-28)33-26-27-13-18-34-26/h2-8,13,18-19,21,23H,9-12,14-17H2,1H3. The molecule has 1 aromatic heterocycles. The van der Waals surface area contributed by atoms with Crippen molar-refractivity contribution in [1.29, 1.82) is 0 Å². The van der Waals surface area contributed by atoms with E-state index in [2.05, 4.69) is 9.88 Å². The Kier molecular flexibility index (Phi) is 7.38. The van der Waals surface area contributed by atoms with Crippen molar-refractivity contribution in [3.8, 4) is 16.7 Å². The normalized spacial score (nSPS) is 19.0. The van der Waals surface area contributed by atoms with Gasteiger partial charge in [-0.1, -0.05) is 23.5 Å². The lowest BCUT2D eigenvalue weighted by Crippen LogP contribution is -2.50. The molecular formula is C26H31N3O4S2. The van der Waals surface area contributed by atoms with Crippen LogP contribution < -0.4 is 9.47 Å². The van der Waals surface area contributed by atoms with Crippen LogP contribution in [0.2, 0.25) is 0 Å². The van der Waals surface area contributed by atoms with Crippen molar-refractivity contribution in [2.75, 3.05) is 26.2 Å². The lowest BCUT2D eigenvalue weighted by atomic mass is 10.00. The molecule has 2 saturated heterocycles. The van der Waals surface area contributed by atoms with Gasteiger partial charge in [-0.05, 0) is 74.6 Å². The highest BCUT2D eigenvalue weighted by molar-refractivity contribution is 7.89. The second kappa shape index (κ2) is 10.7. The van der Waals surface area contributed by atoms with Crippen LogP contribution in [0.25, 0.3) is 0 Å². The molecule has 2 aromatic carbocycles. The van der Waals surface area contributed by atoms with Gasteiger partial charge in [-0.15, -0.1) is 0 Å². The van der Waals surface area contributed by atoms with E-state index in [1.165, 1.54) is 11.3 Å². The summed E-state index contributed by atoms with van der Waals surface area (Å²) < 4.78 is 39.9. The van der Waals surface area contributed by atoms with Gasteiger partial charge in [0.1, 0.15) is 17.6 Å². The second-order valence-corrected chi connectivity index (χ2v) is 12.0. The van der Waals surface area contributed by atoms with Crippen LogP contribution in [0.3, 0.4) is 0 Å². The van der Waals surface area contributed by atoms with Gasteiger partial charge in [-0.3, -0.25) is 0 Å². The fraction of sp³-hybridized carbons (Fsp3) is 0.423. The Hall–Kier alpha value is -2.46. The van der Waals surface area contributed by atoms with Crippen molar-refractivity contribution in [3.63, 3.8) is 0 Å². The first-order valence-corrected chi connectivity index (χ1v) is 14.4. The van der Waals surface area contributed by atoms with Gasteiger partial charge in [0, 0.05) is 43.8 Å². The average Bonchev–Trinajstić information content (AvgIpc) is 3.38. The van der Waals surface area contributed by atoms with Crippen molar-refractivity contribution in [2.45, 2.75) is 49.6 Å². The monoisotopic (exact) mass is 513 g/mol. The number of nitrogens with zero attached hydrogens (tertiary/aromatic N) is 3. The van der Waals surface area contributed by atoms with Crippen LogP contribution in [0.5, 0.6) is 16.7 Å². The van der Waals surface area contributed by atoms with Gasteiger partial charge >= 0.3 is 0 Å². The van der Waals surface area contributed by atoms with Crippen molar-refractivity contribution in [2.24, 2.45) is 0 Å². The average molecular weight is 514 g/mol. The van der Waals surface area contributed by atoms with E-state index in [4.69, 9.17) is 9.47 Å². The quantitative estimate of drug-likeness (QED) is 0.446. The molecule has 186 valence electrons. The summed E-state index contributed by atoms with van der Waals surface area (Å²) in [7, 11) is -3.52. The highest BCUT2D eigenvalue weighted by Crippen LogP contribution is 2.29. The maximum absolute atomic E-state index is 13.2. The molecule has 2 fully saturated rings. The zero-order chi connectivity index (χ0) is 24.3. The Bertz CT molecular complexity index is 1200.